The lowest BCUT2D eigenvalue weighted by atomic mass is 10.1. The molecule has 4 heterocycles. The van der Waals surface area contributed by atoms with Crippen molar-refractivity contribution in [1.29, 1.82) is 0 Å². The van der Waals surface area contributed by atoms with E-state index in [1.165, 1.54) is 52.3 Å². The van der Waals surface area contributed by atoms with E-state index in [-0.39, 0.29) is 4.08 Å². The Bertz CT molecular complexity index is 860. The number of thioether (sulfide) groups is 2. The van der Waals surface area contributed by atoms with E-state index >= 15 is 0 Å². The lowest BCUT2D eigenvalue weighted by Crippen LogP contribution is -2.14. The summed E-state index contributed by atoms with van der Waals surface area (Å²) in [7, 11) is 0. The zero-order valence-corrected chi connectivity index (χ0v) is 19.6. The summed E-state index contributed by atoms with van der Waals surface area (Å²) in [6, 6.07) is 9.03. The topological polar surface area (TPSA) is 0 Å². The minimum atomic E-state index is 0.173. The second kappa shape index (κ2) is 9.36. The molecule has 0 spiro atoms. The zero-order chi connectivity index (χ0) is 18.5. The van der Waals surface area contributed by atoms with Crippen molar-refractivity contribution in [2.24, 2.45) is 0 Å². The monoisotopic (exact) mass is 448 g/mol. The first-order chi connectivity index (χ1) is 13.3. The maximum atomic E-state index is 2.36. The van der Waals surface area contributed by atoms with Gasteiger partial charge in [0.05, 0.1) is 0 Å². The van der Waals surface area contributed by atoms with Gasteiger partial charge in [-0.2, -0.15) is 0 Å². The third kappa shape index (κ3) is 4.27. The van der Waals surface area contributed by atoms with Gasteiger partial charge in [-0.25, -0.2) is 0 Å². The summed E-state index contributed by atoms with van der Waals surface area (Å²) in [6.45, 7) is 2.29. The SMILES string of the molecule is CCCCCCSC1(c2sccc2-c2sccc2-c2cccs2)CC=CS1. The average molecular weight is 449 g/mol. The lowest BCUT2D eigenvalue weighted by molar-refractivity contribution is 0.705. The average Bonchev–Trinajstić information content (AvgIpc) is 3.48. The van der Waals surface area contributed by atoms with Crippen molar-refractivity contribution in [3.63, 3.8) is 0 Å². The molecule has 3 aromatic heterocycles. The van der Waals surface area contributed by atoms with Gasteiger partial charge >= 0.3 is 0 Å². The third-order valence-corrected chi connectivity index (χ3v) is 11.0. The van der Waals surface area contributed by atoms with Gasteiger partial charge in [-0.15, -0.1) is 57.5 Å². The molecule has 1 unspecified atom stereocenters. The molecule has 0 aliphatic carbocycles. The Morgan fingerprint density at radius 3 is 2.63 bits per heavy atom. The summed E-state index contributed by atoms with van der Waals surface area (Å²) in [6.07, 6.45) is 8.88. The van der Waals surface area contributed by atoms with Crippen molar-refractivity contribution in [1.82, 2.24) is 0 Å². The fraction of sp³-hybridized carbons (Fsp3) is 0.364. The van der Waals surface area contributed by atoms with Crippen LogP contribution in [0.3, 0.4) is 0 Å². The maximum absolute atomic E-state index is 2.36. The fourth-order valence-electron chi connectivity index (χ4n) is 3.41. The second-order valence-electron chi connectivity index (χ2n) is 6.66. The minimum Gasteiger partial charge on any atom is -0.146 e. The molecule has 4 rings (SSSR count). The number of hydrogen-bond donors (Lipinski definition) is 0. The van der Waals surface area contributed by atoms with Crippen LogP contribution in [-0.4, -0.2) is 5.75 Å². The van der Waals surface area contributed by atoms with Crippen molar-refractivity contribution in [3.05, 3.63) is 56.8 Å². The molecule has 3 aromatic rings. The molecule has 1 atom stereocenters. The van der Waals surface area contributed by atoms with Crippen LogP contribution < -0.4 is 0 Å². The van der Waals surface area contributed by atoms with Crippen LogP contribution in [0.25, 0.3) is 20.9 Å². The van der Waals surface area contributed by atoms with Gasteiger partial charge in [-0.1, -0.05) is 38.3 Å². The molecule has 0 N–H and O–H groups in total. The van der Waals surface area contributed by atoms with Gasteiger partial charge in [0.15, 0.2) is 0 Å². The predicted molar refractivity (Wildman–Crippen MR) is 131 cm³/mol. The van der Waals surface area contributed by atoms with Gasteiger partial charge in [0, 0.05) is 25.8 Å². The summed E-state index contributed by atoms with van der Waals surface area (Å²) in [5, 5.41) is 9.03. The summed E-state index contributed by atoms with van der Waals surface area (Å²) in [5.74, 6) is 1.26. The van der Waals surface area contributed by atoms with Crippen LogP contribution in [0, 0.1) is 0 Å². The number of thiophene rings is 3. The first-order valence-corrected chi connectivity index (χ1v) is 14.0. The normalized spacial score (nSPS) is 19.1. The molecular weight excluding hydrogens is 425 g/mol. The van der Waals surface area contributed by atoms with Crippen molar-refractivity contribution >= 4 is 57.5 Å². The van der Waals surface area contributed by atoms with Crippen molar-refractivity contribution < 1.29 is 0 Å². The number of allylic oxidation sites excluding steroid dienone is 1. The quantitative estimate of drug-likeness (QED) is 0.299. The molecule has 0 aromatic carbocycles. The van der Waals surface area contributed by atoms with E-state index in [1.54, 1.807) is 4.88 Å². The Labute approximate surface area is 183 Å². The molecule has 0 radical (unpaired) electrons. The van der Waals surface area contributed by atoms with Gasteiger partial charge in [0.25, 0.3) is 0 Å². The molecule has 0 fully saturated rings. The molecule has 1 aliphatic heterocycles. The van der Waals surface area contributed by atoms with Gasteiger partial charge < -0.3 is 0 Å². The zero-order valence-electron chi connectivity index (χ0n) is 15.5. The molecule has 0 amide bonds. The molecule has 142 valence electrons. The van der Waals surface area contributed by atoms with Crippen LogP contribution in [0.1, 0.15) is 43.9 Å². The summed E-state index contributed by atoms with van der Waals surface area (Å²) in [5.41, 5.74) is 2.85. The van der Waals surface area contributed by atoms with Gasteiger partial charge in [-0.3, -0.25) is 0 Å². The minimum absolute atomic E-state index is 0.173. The van der Waals surface area contributed by atoms with E-state index in [9.17, 15) is 0 Å². The molecule has 5 heteroatoms. The van der Waals surface area contributed by atoms with E-state index in [4.69, 9.17) is 0 Å². The van der Waals surface area contributed by atoms with Crippen molar-refractivity contribution in [2.75, 3.05) is 5.75 Å². The van der Waals surface area contributed by atoms with Crippen LogP contribution in [0.5, 0.6) is 0 Å². The molecule has 0 nitrogen and oxygen atoms in total. The molecule has 0 saturated carbocycles. The number of hydrogen-bond acceptors (Lipinski definition) is 5. The maximum Gasteiger partial charge on any atom is 0.103 e. The highest BCUT2D eigenvalue weighted by Crippen LogP contribution is 2.58. The van der Waals surface area contributed by atoms with E-state index in [0.29, 0.717) is 0 Å². The molecular formula is C22H24S5. The van der Waals surface area contributed by atoms with Gasteiger partial charge in [0.1, 0.15) is 4.08 Å². The Morgan fingerprint density at radius 1 is 0.963 bits per heavy atom. The van der Waals surface area contributed by atoms with Gasteiger partial charge in [0.2, 0.25) is 0 Å². The van der Waals surface area contributed by atoms with E-state index in [2.05, 4.69) is 70.6 Å². The van der Waals surface area contributed by atoms with Crippen LogP contribution in [-0.2, 0) is 4.08 Å². The smallest absolute Gasteiger partial charge is 0.103 e. The standard InChI is InChI=1S/C22H24S5/c1-2-3-4-5-13-26-22(11-7-14-27-22)21-18(10-16-25-21)20-17(9-15-24-20)19-8-6-12-23-19/h6-10,12,14-16H,2-5,11,13H2,1H3. The van der Waals surface area contributed by atoms with Crippen LogP contribution in [0.4, 0.5) is 0 Å². The summed E-state index contributed by atoms with van der Waals surface area (Å²) >= 11 is 9.87. The Kier molecular flexibility index (Phi) is 6.88. The van der Waals surface area contributed by atoms with Crippen LogP contribution in [0.2, 0.25) is 0 Å². The van der Waals surface area contributed by atoms with Crippen LogP contribution in [0.15, 0.2) is 51.9 Å². The third-order valence-electron chi connectivity index (χ3n) is 4.78. The largest absolute Gasteiger partial charge is 0.146 e. The van der Waals surface area contributed by atoms with E-state index in [1.807, 2.05) is 45.8 Å². The molecule has 0 bridgehead atoms. The van der Waals surface area contributed by atoms with Crippen molar-refractivity contribution in [2.45, 2.75) is 43.1 Å². The molecule has 0 saturated heterocycles. The van der Waals surface area contributed by atoms with E-state index < -0.39 is 0 Å². The second-order valence-corrected chi connectivity index (χ2v) is 12.3. The Morgan fingerprint density at radius 2 is 1.85 bits per heavy atom. The predicted octanol–water partition coefficient (Wildman–Crippen LogP) is 9.32. The van der Waals surface area contributed by atoms with Crippen LogP contribution >= 0.6 is 57.5 Å². The van der Waals surface area contributed by atoms with Gasteiger partial charge in [-0.05, 0) is 58.3 Å². The Balaban J connectivity index is 1.61. The summed E-state index contributed by atoms with van der Waals surface area (Å²) in [4.78, 5) is 4.37. The highest BCUT2D eigenvalue weighted by molar-refractivity contribution is 8.19. The number of rotatable bonds is 9. The highest BCUT2D eigenvalue weighted by Gasteiger charge is 2.38. The Hall–Kier alpha value is -0.460. The molecule has 27 heavy (non-hydrogen) atoms. The summed E-state index contributed by atoms with van der Waals surface area (Å²) < 4.78 is 0.173. The number of unbranched alkanes of at least 4 members (excludes halogenated alkanes) is 3. The van der Waals surface area contributed by atoms with E-state index in [0.717, 1.165) is 6.42 Å². The first kappa shape index (κ1) is 19.8. The molecule has 1 aliphatic rings. The highest BCUT2D eigenvalue weighted by atomic mass is 32.2. The lowest BCUT2D eigenvalue weighted by Gasteiger charge is -2.28. The first-order valence-electron chi connectivity index (χ1n) is 9.50. The fourth-order valence-corrected chi connectivity index (χ4v) is 9.39. The van der Waals surface area contributed by atoms with Crippen molar-refractivity contribution in [3.8, 4) is 20.9 Å².